The molecule has 0 saturated carbocycles. The Morgan fingerprint density at radius 3 is 2.86 bits per heavy atom. The van der Waals surface area contributed by atoms with Crippen LogP contribution in [-0.4, -0.2) is 41.7 Å². The number of fused-ring (bicyclic) bond motifs is 1. The van der Waals surface area contributed by atoms with Crippen molar-refractivity contribution in [3.8, 4) is 5.82 Å². The van der Waals surface area contributed by atoms with Crippen molar-refractivity contribution >= 4 is 34.3 Å². The lowest BCUT2D eigenvalue weighted by Crippen LogP contribution is -2.10. The third kappa shape index (κ3) is 3.67. The third-order valence-electron chi connectivity index (χ3n) is 4.13. The summed E-state index contributed by atoms with van der Waals surface area (Å²) in [5.41, 5.74) is 1.84. The number of aromatic amines is 1. The lowest BCUT2D eigenvalue weighted by molar-refractivity contribution is -0.384. The van der Waals surface area contributed by atoms with Crippen molar-refractivity contribution in [3.63, 3.8) is 0 Å². The largest absolute Gasteiger partial charge is 0.363 e. The number of benzene rings is 1. The topological polar surface area (TPSA) is 115 Å². The molecule has 0 atom stereocenters. The first kappa shape index (κ1) is 18.0. The van der Waals surface area contributed by atoms with Gasteiger partial charge in [0.25, 0.3) is 0 Å². The van der Waals surface area contributed by atoms with Gasteiger partial charge in [0.05, 0.1) is 16.0 Å². The molecule has 3 heterocycles. The molecule has 28 heavy (non-hydrogen) atoms. The van der Waals surface area contributed by atoms with Crippen LogP contribution >= 0.6 is 11.8 Å². The fourth-order valence-corrected chi connectivity index (χ4v) is 3.53. The predicted molar refractivity (Wildman–Crippen MR) is 108 cm³/mol. The SMILES string of the molecule is Cc1nccn1-c1ccc([N+](=O)[O-])c(NCCSc2nc3ccccc3[nH]2)n1. The van der Waals surface area contributed by atoms with Crippen LogP contribution in [0, 0.1) is 17.0 Å². The average Bonchev–Trinajstić information content (AvgIpc) is 3.30. The van der Waals surface area contributed by atoms with Crippen LogP contribution in [0.3, 0.4) is 0 Å². The minimum atomic E-state index is -0.438. The van der Waals surface area contributed by atoms with Crippen LogP contribution in [0.1, 0.15) is 5.82 Å². The molecule has 2 N–H and O–H groups in total. The van der Waals surface area contributed by atoms with E-state index in [1.54, 1.807) is 34.8 Å². The van der Waals surface area contributed by atoms with E-state index in [2.05, 4.69) is 25.3 Å². The molecule has 0 bridgehead atoms. The highest BCUT2D eigenvalue weighted by Gasteiger charge is 2.17. The summed E-state index contributed by atoms with van der Waals surface area (Å²) in [5.74, 6) is 2.24. The number of anilines is 1. The minimum Gasteiger partial charge on any atom is -0.363 e. The number of rotatable bonds is 7. The summed E-state index contributed by atoms with van der Waals surface area (Å²) in [4.78, 5) is 27.2. The number of imidazole rings is 2. The Kier molecular flexibility index (Phi) is 4.94. The molecule has 9 nitrogen and oxygen atoms in total. The zero-order valence-electron chi connectivity index (χ0n) is 15.0. The molecule has 0 aliphatic carbocycles. The van der Waals surface area contributed by atoms with Gasteiger partial charge in [-0.2, -0.15) is 0 Å². The number of thioether (sulfide) groups is 1. The average molecular weight is 395 g/mol. The highest BCUT2D eigenvalue weighted by atomic mass is 32.2. The normalized spacial score (nSPS) is 11.0. The summed E-state index contributed by atoms with van der Waals surface area (Å²) in [5, 5.41) is 15.2. The molecule has 0 saturated heterocycles. The molecule has 0 amide bonds. The van der Waals surface area contributed by atoms with E-state index in [0.29, 0.717) is 18.1 Å². The first-order valence-electron chi connectivity index (χ1n) is 8.59. The maximum Gasteiger partial charge on any atom is 0.311 e. The van der Waals surface area contributed by atoms with E-state index in [1.807, 2.05) is 31.2 Å². The van der Waals surface area contributed by atoms with Gasteiger partial charge in [-0.3, -0.25) is 14.7 Å². The maximum atomic E-state index is 11.3. The zero-order valence-corrected chi connectivity index (χ0v) is 15.8. The van der Waals surface area contributed by atoms with Crippen molar-refractivity contribution in [2.45, 2.75) is 12.1 Å². The zero-order chi connectivity index (χ0) is 19.5. The number of para-hydroxylation sites is 2. The molecule has 1 aromatic carbocycles. The first-order valence-corrected chi connectivity index (χ1v) is 9.57. The van der Waals surface area contributed by atoms with Crippen molar-refractivity contribution in [1.29, 1.82) is 0 Å². The van der Waals surface area contributed by atoms with E-state index < -0.39 is 4.92 Å². The number of H-pyrrole nitrogens is 1. The molecule has 0 fully saturated rings. The van der Waals surface area contributed by atoms with Gasteiger partial charge in [-0.25, -0.2) is 15.0 Å². The van der Waals surface area contributed by atoms with E-state index in [4.69, 9.17) is 0 Å². The maximum absolute atomic E-state index is 11.3. The molecule has 10 heteroatoms. The van der Waals surface area contributed by atoms with E-state index in [1.165, 1.54) is 6.07 Å². The van der Waals surface area contributed by atoms with Crippen LogP contribution in [0.2, 0.25) is 0 Å². The van der Waals surface area contributed by atoms with Crippen LogP contribution in [0.4, 0.5) is 11.5 Å². The van der Waals surface area contributed by atoms with Crippen molar-refractivity contribution in [2.75, 3.05) is 17.6 Å². The number of nitrogens with one attached hydrogen (secondary N) is 2. The molecule has 142 valence electrons. The van der Waals surface area contributed by atoms with Crippen molar-refractivity contribution in [3.05, 3.63) is 64.7 Å². The molecule has 0 aliphatic rings. The van der Waals surface area contributed by atoms with E-state index in [-0.39, 0.29) is 11.5 Å². The highest BCUT2D eigenvalue weighted by molar-refractivity contribution is 7.99. The summed E-state index contributed by atoms with van der Waals surface area (Å²) in [6.45, 7) is 2.35. The Morgan fingerprint density at radius 2 is 2.11 bits per heavy atom. The fraction of sp³-hybridized carbons (Fsp3) is 0.167. The number of aryl methyl sites for hydroxylation is 1. The number of hydrogen-bond acceptors (Lipinski definition) is 7. The number of nitro groups is 1. The van der Waals surface area contributed by atoms with Gasteiger partial charge in [0, 0.05) is 30.8 Å². The Balaban J connectivity index is 1.45. The summed E-state index contributed by atoms with van der Waals surface area (Å²) >= 11 is 1.54. The monoisotopic (exact) mass is 395 g/mol. The van der Waals surface area contributed by atoms with Crippen LogP contribution in [-0.2, 0) is 0 Å². The molecular formula is C18H17N7O2S. The highest BCUT2D eigenvalue weighted by Crippen LogP contribution is 2.24. The second kappa shape index (κ2) is 7.69. The van der Waals surface area contributed by atoms with Crippen molar-refractivity contribution in [1.82, 2.24) is 24.5 Å². The van der Waals surface area contributed by atoms with Crippen LogP contribution in [0.25, 0.3) is 16.9 Å². The summed E-state index contributed by atoms with van der Waals surface area (Å²) in [6, 6.07) is 10.9. The first-order chi connectivity index (χ1) is 13.6. The smallest absolute Gasteiger partial charge is 0.311 e. The number of hydrogen-bond donors (Lipinski definition) is 2. The van der Waals surface area contributed by atoms with Gasteiger partial charge < -0.3 is 10.3 Å². The second-order valence-corrected chi connectivity index (χ2v) is 7.06. The van der Waals surface area contributed by atoms with E-state index in [9.17, 15) is 10.1 Å². The molecule has 3 aromatic heterocycles. The van der Waals surface area contributed by atoms with Gasteiger partial charge in [-0.05, 0) is 25.1 Å². The standard InChI is InChI=1S/C18H17N7O2S/c1-12-19-8-10-24(12)16-7-6-15(25(26)27)17(23-16)20-9-11-28-18-21-13-4-2-3-5-14(13)22-18/h2-8,10H,9,11H2,1H3,(H,20,23)(H,21,22). The summed E-state index contributed by atoms with van der Waals surface area (Å²) in [7, 11) is 0. The summed E-state index contributed by atoms with van der Waals surface area (Å²) in [6.07, 6.45) is 3.43. The Bertz CT molecular complexity index is 1100. The van der Waals surface area contributed by atoms with Crippen molar-refractivity contribution in [2.24, 2.45) is 0 Å². The fourth-order valence-electron chi connectivity index (χ4n) is 2.79. The Morgan fingerprint density at radius 1 is 1.25 bits per heavy atom. The van der Waals surface area contributed by atoms with Gasteiger partial charge in [-0.1, -0.05) is 23.9 Å². The van der Waals surface area contributed by atoms with Crippen LogP contribution in [0.5, 0.6) is 0 Å². The number of nitrogens with zero attached hydrogens (tertiary/aromatic N) is 5. The van der Waals surface area contributed by atoms with Gasteiger partial charge in [0.2, 0.25) is 5.82 Å². The third-order valence-corrected chi connectivity index (χ3v) is 5.00. The number of aromatic nitrogens is 5. The molecule has 0 aliphatic heterocycles. The lowest BCUT2D eigenvalue weighted by atomic mass is 10.3. The van der Waals surface area contributed by atoms with Gasteiger partial charge >= 0.3 is 5.69 Å². The van der Waals surface area contributed by atoms with Gasteiger partial charge in [-0.15, -0.1) is 0 Å². The van der Waals surface area contributed by atoms with E-state index >= 15 is 0 Å². The predicted octanol–water partition coefficient (Wildman–Crippen LogP) is 3.56. The van der Waals surface area contributed by atoms with Crippen molar-refractivity contribution < 1.29 is 4.92 Å². The summed E-state index contributed by atoms with van der Waals surface area (Å²) < 4.78 is 1.78. The molecular weight excluding hydrogens is 378 g/mol. The quantitative estimate of drug-likeness (QED) is 0.213. The second-order valence-electron chi connectivity index (χ2n) is 5.97. The minimum absolute atomic E-state index is 0.0599. The molecule has 0 radical (unpaired) electrons. The lowest BCUT2D eigenvalue weighted by Gasteiger charge is -2.09. The Hall–Kier alpha value is -3.40. The Labute approximate surface area is 164 Å². The molecule has 4 rings (SSSR count). The molecule has 0 spiro atoms. The van der Waals surface area contributed by atoms with Crippen LogP contribution < -0.4 is 5.32 Å². The molecule has 4 aromatic rings. The molecule has 0 unspecified atom stereocenters. The van der Waals surface area contributed by atoms with Crippen LogP contribution in [0.15, 0.2) is 53.9 Å². The van der Waals surface area contributed by atoms with Gasteiger partial charge in [0.15, 0.2) is 5.16 Å². The van der Waals surface area contributed by atoms with Gasteiger partial charge in [0.1, 0.15) is 11.6 Å². The van der Waals surface area contributed by atoms with E-state index in [0.717, 1.165) is 22.0 Å². The number of pyridine rings is 1.